The standard InChI is InChI=1S/C26H26FN3O2/c1-16-22(15-30-9-11-32-12-10-30)17(2)28-24(16)14-21-25-20(18-5-3-6-19(27)13-18)7-4-8-23(25)29-26(21)31/h3-8,13-14,28H,9-12,15H2,1-2H3,(H,29,31). The number of rotatable bonds is 4. The number of aryl methyl sites for hydroxylation is 1. The Morgan fingerprint density at radius 1 is 1.12 bits per heavy atom. The number of ether oxygens (including phenoxy) is 1. The number of nitrogens with zero attached hydrogens (tertiary/aromatic N) is 1. The van der Waals surface area contributed by atoms with E-state index in [1.165, 1.54) is 17.7 Å². The van der Waals surface area contributed by atoms with Crippen molar-refractivity contribution in [3.8, 4) is 11.1 Å². The van der Waals surface area contributed by atoms with Crippen molar-refractivity contribution >= 4 is 23.2 Å². The zero-order valence-electron chi connectivity index (χ0n) is 18.3. The topological polar surface area (TPSA) is 57.4 Å². The number of hydrogen-bond acceptors (Lipinski definition) is 3. The molecule has 1 amide bonds. The Morgan fingerprint density at radius 2 is 1.91 bits per heavy atom. The van der Waals surface area contributed by atoms with Crippen LogP contribution in [0.4, 0.5) is 10.1 Å². The fourth-order valence-electron chi connectivity index (χ4n) is 4.61. The molecule has 5 nitrogen and oxygen atoms in total. The maximum Gasteiger partial charge on any atom is 0.256 e. The molecule has 0 unspecified atom stereocenters. The van der Waals surface area contributed by atoms with Crippen LogP contribution in [0.15, 0.2) is 42.5 Å². The Balaban J connectivity index is 1.55. The number of H-pyrrole nitrogens is 1. The van der Waals surface area contributed by atoms with E-state index in [-0.39, 0.29) is 11.7 Å². The number of aromatic amines is 1. The summed E-state index contributed by atoms with van der Waals surface area (Å²) in [6.45, 7) is 8.40. The van der Waals surface area contributed by atoms with E-state index in [0.29, 0.717) is 5.57 Å². The molecule has 0 aliphatic carbocycles. The van der Waals surface area contributed by atoms with Gasteiger partial charge in [-0.2, -0.15) is 0 Å². The van der Waals surface area contributed by atoms with Crippen LogP contribution in [-0.2, 0) is 16.1 Å². The molecule has 1 aromatic heterocycles. The van der Waals surface area contributed by atoms with Gasteiger partial charge in [0.05, 0.1) is 18.8 Å². The van der Waals surface area contributed by atoms with E-state index in [9.17, 15) is 9.18 Å². The smallest absolute Gasteiger partial charge is 0.256 e. The average molecular weight is 432 g/mol. The SMILES string of the molecule is Cc1[nH]c(C=C2C(=O)Nc3cccc(-c4cccc(F)c4)c32)c(C)c1CN1CCOCC1. The minimum atomic E-state index is -0.300. The fourth-order valence-corrected chi connectivity index (χ4v) is 4.61. The number of carbonyl (C=O) groups is 1. The minimum absolute atomic E-state index is 0.148. The largest absolute Gasteiger partial charge is 0.379 e. The lowest BCUT2D eigenvalue weighted by molar-refractivity contribution is -0.110. The van der Waals surface area contributed by atoms with Crippen LogP contribution in [0, 0.1) is 19.7 Å². The van der Waals surface area contributed by atoms with Crippen molar-refractivity contribution in [2.24, 2.45) is 0 Å². The highest BCUT2D eigenvalue weighted by atomic mass is 19.1. The predicted octanol–water partition coefficient (Wildman–Crippen LogP) is 4.76. The van der Waals surface area contributed by atoms with Crippen molar-refractivity contribution < 1.29 is 13.9 Å². The van der Waals surface area contributed by atoms with E-state index < -0.39 is 0 Å². The lowest BCUT2D eigenvalue weighted by atomic mass is 9.94. The summed E-state index contributed by atoms with van der Waals surface area (Å²) in [4.78, 5) is 18.8. The van der Waals surface area contributed by atoms with Crippen molar-refractivity contribution in [1.29, 1.82) is 0 Å². The quantitative estimate of drug-likeness (QED) is 0.586. The van der Waals surface area contributed by atoms with Crippen molar-refractivity contribution in [2.75, 3.05) is 31.6 Å². The van der Waals surface area contributed by atoms with Crippen molar-refractivity contribution in [2.45, 2.75) is 20.4 Å². The zero-order valence-corrected chi connectivity index (χ0v) is 18.3. The molecule has 2 aliphatic rings. The molecule has 1 saturated heterocycles. The Labute approximate surface area is 186 Å². The summed E-state index contributed by atoms with van der Waals surface area (Å²) in [6, 6.07) is 12.2. The molecular weight excluding hydrogens is 405 g/mol. The van der Waals surface area contributed by atoms with Crippen LogP contribution in [0.3, 0.4) is 0 Å². The van der Waals surface area contributed by atoms with Crippen molar-refractivity contribution in [3.05, 3.63) is 76.4 Å². The van der Waals surface area contributed by atoms with Gasteiger partial charge in [0.15, 0.2) is 0 Å². The van der Waals surface area contributed by atoms with E-state index in [1.807, 2.05) is 30.3 Å². The Bertz CT molecular complexity index is 1220. The van der Waals surface area contributed by atoms with Crippen LogP contribution in [0.25, 0.3) is 22.8 Å². The molecule has 32 heavy (non-hydrogen) atoms. The lowest BCUT2D eigenvalue weighted by Gasteiger charge is -2.26. The summed E-state index contributed by atoms with van der Waals surface area (Å²) < 4.78 is 19.4. The number of carbonyl (C=O) groups excluding carboxylic acids is 1. The molecule has 2 N–H and O–H groups in total. The normalized spacial score (nSPS) is 17.6. The van der Waals surface area contributed by atoms with Crippen LogP contribution in [0.1, 0.15) is 28.1 Å². The third-order valence-corrected chi connectivity index (χ3v) is 6.37. The molecular formula is C26H26FN3O2. The van der Waals surface area contributed by atoms with Crippen LogP contribution < -0.4 is 5.32 Å². The number of benzene rings is 2. The summed E-state index contributed by atoms with van der Waals surface area (Å²) in [7, 11) is 0. The Morgan fingerprint density at radius 3 is 2.69 bits per heavy atom. The second-order valence-electron chi connectivity index (χ2n) is 8.41. The molecule has 0 spiro atoms. The number of amides is 1. The van der Waals surface area contributed by atoms with Gasteiger partial charge < -0.3 is 15.0 Å². The highest BCUT2D eigenvalue weighted by Gasteiger charge is 2.28. The van der Waals surface area contributed by atoms with Gasteiger partial charge in [-0.1, -0.05) is 24.3 Å². The summed E-state index contributed by atoms with van der Waals surface area (Å²) in [5.74, 6) is -0.447. The van der Waals surface area contributed by atoms with E-state index in [4.69, 9.17) is 4.74 Å². The van der Waals surface area contributed by atoms with Gasteiger partial charge in [0.25, 0.3) is 5.91 Å². The molecule has 6 heteroatoms. The third kappa shape index (κ3) is 3.76. The van der Waals surface area contributed by atoms with Gasteiger partial charge in [-0.15, -0.1) is 0 Å². The Kier molecular flexibility index (Phi) is 5.41. The molecule has 3 heterocycles. The number of hydrogen-bond donors (Lipinski definition) is 2. The number of aromatic nitrogens is 1. The molecule has 5 rings (SSSR count). The molecule has 3 aromatic rings. The van der Waals surface area contributed by atoms with E-state index in [0.717, 1.165) is 72.2 Å². The number of nitrogens with one attached hydrogen (secondary N) is 2. The highest BCUT2D eigenvalue weighted by molar-refractivity contribution is 6.36. The van der Waals surface area contributed by atoms with Gasteiger partial charge in [-0.3, -0.25) is 9.69 Å². The monoisotopic (exact) mass is 431 g/mol. The first-order valence-electron chi connectivity index (χ1n) is 10.9. The molecule has 0 atom stereocenters. The first-order valence-corrected chi connectivity index (χ1v) is 10.9. The summed E-state index contributed by atoms with van der Waals surface area (Å²) in [5.41, 5.74) is 8.17. The van der Waals surface area contributed by atoms with Gasteiger partial charge >= 0.3 is 0 Å². The maximum atomic E-state index is 13.9. The van der Waals surface area contributed by atoms with E-state index in [2.05, 4.69) is 29.0 Å². The molecule has 164 valence electrons. The van der Waals surface area contributed by atoms with Crippen LogP contribution in [0.5, 0.6) is 0 Å². The lowest BCUT2D eigenvalue weighted by Crippen LogP contribution is -2.35. The van der Waals surface area contributed by atoms with Crippen LogP contribution in [0.2, 0.25) is 0 Å². The number of anilines is 1. The maximum absolute atomic E-state index is 13.9. The Hall–Kier alpha value is -3.22. The van der Waals surface area contributed by atoms with Gasteiger partial charge in [-0.25, -0.2) is 4.39 Å². The van der Waals surface area contributed by atoms with Crippen LogP contribution >= 0.6 is 0 Å². The number of halogens is 1. The number of morpholine rings is 1. The molecule has 0 bridgehead atoms. The molecule has 0 radical (unpaired) electrons. The molecule has 2 aromatic carbocycles. The van der Waals surface area contributed by atoms with Crippen molar-refractivity contribution in [3.63, 3.8) is 0 Å². The summed E-state index contributed by atoms with van der Waals surface area (Å²) in [5, 5.41) is 2.96. The number of fused-ring (bicyclic) bond motifs is 1. The summed E-state index contributed by atoms with van der Waals surface area (Å²) in [6.07, 6.45) is 1.93. The predicted molar refractivity (Wildman–Crippen MR) is 125 cm³/mol. The fraction of sp³-hybridized carbons (Fsp3) is 0.269. The first-order chi connectivity index (χ1) is 15.5. The minimum Gasteiger partial charge on any atom is -0.379 e. The van der Waals surface area contributed by atoms with Crippen molar-refractivity contribution in [1.82, 2.24) is 9.88 Å². The van der Waals surface area contributed by atoms with Gasteiger partial charge in [-0.05, 0) is 60.4 Å². The second-order valence-corrected chi connectivity index (χ2v) is 8.41. The van der Waals surface area contributed by atoms with Gasteiger partial charge in [0.2, 0.25) is 0 Å². The molecule has 1 fully saturated rings. The van der Waals surface area contributed by atoms with Gasteiger partial charge in [0.1, 0.15) is 5.82 Å². The van der Waals surface area contributed by atoms with E-state index >= 15 is 0 Å². The summed E-state index contributed by atoms with van der Waals surface area (Å²) >= 11 is 0. The van der Waals surface area contributed by atoms with Crippen LogP contribution in [-0.4, -0.2) is 42.1 Å². The zero-order chi connectivity index (χ0) is 22.2. The average Bonchev–Trinajstić information content (AvgIpc) is 3.25. The highest BCUT2D eigenvalue weighted by Crippen LogP contribution is 2.41. The second kappa shape index (κ2) is 8.37. The molecule has 2 aliphatic heterocycles. The van der Waals surface area contributed by atoms with E-state index in [1.54, 1.807) is 6.07 Å². The van der Waals surface area contributed by atoms with Gasteiger partial charge in [0, 0.05) is 42.3 Å². The first kappa shape index (κ1) is 20.7. The third-order valence-electron chi connectivity index (χ3n) is 6.37. The molecule has 0 saturated carbocycles.